The smallest absolute Gasteiger partial charge is 0.254 e. The van der Waals surface area contributed by atoms with Crippen molar-refractivity contribution >= 4 is 52.2 Å². The van der Waals surface area contributed by atoms with E-state index in [0.717, 1.165) is 6.08 Å². The van der Waals surface area contributed by atoms with E-state index < -0.39 is 11.7 Å². The molecule has 34 heavy (non-hydrogen) atoms. The number of aryl methyl sites for hydroxylation is 1. The number of rotatable bonds is 9. The lowest BCUT2D eigenvalue weighted by Crippen LogP contribution is -2.27. The summed E-state index contributed by atoms with van der Waals surface area (Å²) in [4.78, 5) is 32.4. The SMILES string of the molecule is C=CC(=O)Nc1ccccc1Nc1nc(Nc2cc(C(=O)NCCO)c(F)cc2C)ncc1Cl. The molecule has 0 atom stereocenters. The van der Waals surface area contributed by atoms with Gasteiger partial charge in [-0.1, -0.05) is 30.3 Å². The predicted molar refractivity (Wildman–Crippen MR) is 129 cm³/mol. The van der Waals surface area contributed by atoms with Crippen LogP contribution in [-0.2, 0) is 4.79 Å². The third kappa shape index (κ3) is 6.06. The zero-order chi connectivity index (χ0) is 24.7. The largest absolute Gasteiger partial charge is 0.395 e. The minimum absolute atomic E-state index is 0.00103. The summed E-state index contributed by atoms with van der Waals surface area (Å²) in [5.41, 5.74) is 1.75. The molecule has 0 spiro atoms. The van der Waals surface area contributed by atoms with Crippen molar-refractivity contribution in [2.24, 2.45) is 0 Å². The molecule has 5 N–H and O–H groups in total. The molecule has 2 aromatic carbocycles. The number of amides is 2. The second-order valence-electron chi connectivity index (χ2n) is 7.01. The third-order valence-corrected chi connectivity index (χ3v) is 4.85. The van der Waals surface area contributed by atoms with Crippen LogP contribution in [0.2, 0.25) is 5.02 Å². The maximum absolute atomic E-state index is 14.3. The van der Waals surface area contributed by atoms with E-state index in [9.17, 15) is 14.0 Å². The fourth-order valence-electron chi connectivity index (χ4n) is 2.89. The van der Waals surface area contributed by atoms with Crippen LogP contribution in [0.3, 0.4) is 0 Å². The van der Waals surface area contributed by atoms with Crippen molar-refractivity contribution < 1.29 is 19.1 Å². The van der Waals surface area contributed by atoms with Gasteiger partial charge in [-0.15, -0.1) is 0 Å². The summed E-state index contributed by atoms with van der Waals surface area (Å²) in [5.74, 6) is -1.35. The summed E-state index contributed by atoms with van der Waals surface area (Å²) >= 11 is 6.26. The van der Waals surface area contributed by atoms with E-state index in [1.807, 2.05) is 0 Å². The number of carbonyl (C=O) groups is 2. The Hall–Kier alpha value is -4.02. The van der Waals surface area contributed by atoms with Gasteiger partial charge in [-0.2, -0.15) is 4.98 Å². The average molecular weight is 485 g/mol. The first-order valence-corrected chi connectivity index (χ1v) is 10.5. The molecule has 176 valence electrons. The molecule has 0 aliphatic heterocycles. The summed E-state index contributed by atoms with van der Waals surface area (Å²) in [6.07, 6.45) is 2.53. The van der Waals surface area contributed by atoms with Gasteiger partial charge in [-0.25, -0.2) is 9.37 Å². The topological polar surface area (TPSA) is 128 Å². The van der Waals surface area contributed by atoms with Crippen LogP contribution in [0.5, 0.6) is 0 Å². The lowest BCUT2D eigenvalue weighted by molar-refractivity contribution is -0.111. The van der Waals surface area contributed by atoms with Gasteiger partial charge < -0.3 is 26.4 Å². The van der Waals surface area contributed by atoms with Crippen molar-refractivity contribution in [1.82, 2.24) is 15.3 Å². The van der Waals surface area contributed by atoms with Crippen LogP contribution in [-0.4, -0.2) is 40.0 Å². The Morgan fingerprint density at radius 3 is 2.62 bits per heavy atom. The second kappa shape index (κ2) is 11.2. The number of para-hydroxylation sites is 2. The molecule has 0 saturated carbocycles. The highest BCUT2D eigenvalue weighted by Crippen LogP contribution is 2.30. The first-order valence-electron chi connectivity index (χ1n) is 10.1. The van der Waals surface area contributed by atoms with Gasteiger partial charge in [0.05, 0.1) is 29.7 Å². The van der Waals surface area contributed by atoms with Gasteiger partial charge in [0, 0.05) is 12.2 Å². The third-order valence-electron chi connectivity index (χ3n) is 4.57. The first-order chi connectivity index (χ1) is 16.3. The molecule has 0 unspecified atom stereocenters. The van der Waals surface area contributed by atoms with Crippen LogP contribution >= 0.6 is 11.6 Å². The zero-order valence-corrected chi connectivity index (χ0v) is 18.9. The quantitative estimate of drug-likeness (QED) is 0.291. The van der Waals surface area contributed by atoms with Crippen molar-refractivity contribution in [1.29, 1.82) is 0 Å². The zero-order valence-electron chi connectivity index (χ0n) is 18.2. The summed E-state index contributed by atoms with van der Waals surface area (Å²) in [6.45, 7) is 4.83. The summed E-state index contributed by atoms with van der Waals surface area (Å²) in [7, 11) is 0. The van der Waals surface area contributed by atoms with E-state index in [2.05, 4.69) is 37.8 Å². The number of nitrogens with zero attached hydrogens (tertiary/aromatic N) is 2. The van der Waals surface area contributed by atoms with Gasteiger partial charge >= 0.3 is 0 Å². The Labute approximate surface area is 200 Å². The molecule has 0 fully saturated rings. The Balaban J connectivity index is 1.87. The number of aliphatic hydroxyl groups excluding tert-OH is 1. The molecule has 3 aromatic rings. The number of aliphatic hydroxyl groups is 1. The standard InChI is InChI=1S/C23H22ClFN6O3/c1-3-20(33)28-17-6-4-5-7-18(17)29-21-15(24)12-27-23(31-21)30-19-11-14(16(25)10-13(19)2)22(34)26-8-9-32/h3-7,10-12,32H,1,8-9H2,2H3,(H,26,34)(H,28,33)(H2,27,29,30,31). The summed E-state index contributed by atoms with van der Waals surface area (Å²) in [5, 5.41) is 20.2. The number of halogens is 2. The van der Waals surface area contributed by atoms with Crippen molar-refractivity contribution in [3.8, 4) is 0 Å². The molecule has 1 heterocycles. The van der Waals surface area contributed by atoms with Crippen molar-refractivity contribution in [2.45, 2.75) is 6.92 Å². The number of carbonyl (C=O) groups excluding carboxylic acids is 2. The summed E-state index contributed by atoms with van der Waals surface area (Å²) in [6, 6.07) is 9.50. The van der Waals surface area contributed by atoms with E-state index in [0.29, 0.717) is 22.6 Å². The maximum Gasteiger partial charge on any atom is 0.254 e. The van der Waals surface area contributed by atoms with Crippen LogP contribution in [0.1, 0.15) is 15.9 Å². The molecule has 11 heteroatoms. The highest BCUT2D eigenvalue weighted by Gasteiger charge is 2.16. The molecular formula is C23H22ClFN6O3. The average Bonchev–Trinajstić information content (AvgIpc) is 2.82. The molecule has 2 amide bonds. The molecule has 0 aliphatic rings. The van der Waals surface area contributed by atoms with Gasteiger partial charge in [0.15, 0.2) is 5.82 Å². The first kappa shape index (κ1) is 24.6. The Kier molecular flexibility index (Phi) is 8.12. The monoisotopic (exact) mass is 484 g/mol. The minimum Gasteiger partial charge on any atom is -0.395 e. The normalized spacial score (nSPS) is 10.4. The number of hydrogen-bond acceptors (Lipinski definition) is 7. The molecule has 1 aromatic heterocycles. The minimum atomic E-state index is -0.698. The molecule has 0 aliphatic carbocycles. The van der Waals surface area contributed by atoms with E-state index in [4.69, 9.17) is 16.7 Å². The molecule has 0 bridgehead atoms. The van der Waals surface area contributed by atoms with E-state index in [1.165, 1.54) is 18.3 Å². The number of nitrogens with one attached hydrogen (secondary N) is 4. The number of anilines is 5. The highest BCUT2D eigenvalue weighted by molar-refractivity contribution is 6.33. The highest BCUT2D eigenvalue weighted by atomic mass is 35.5. The fraction of sp³-hybridized carbons (Fsp3) is 0.130. The van der Waals surface area contributed by atoms with E-state index >= 15 is 0 Å². The van der Waals surface area contributed by atoms with Crippen LogP contribution in [0.15, 0.2) is 55.3 Å². The molecule has 9 nitrogen and oxygen atoms in total. The van der Waals surface area contributed by atoms with Crippen molar-refractivity contribution in [3.05, 3.63) is 77.2 Å². The van der Waals surface area contributed by atoms with Crippen LogP contribution < -0.4 is 21.3 Å². The Morgan fingerprint density at radius 1 is 1.18 bits per heavy atom. The predicted octanol–water partition coefficient (Wildman–Crippen LogP) is 3.91. The van der Waals surface area contributed by atoms with Crippen LogP contribution in [0, 0.1) is 12.7 Å². The Morgan fingerprint density at radius 2 is 1.91 bits per heavy atom. The number of aromatic nitrogens is 2. The van der Waals surface area contributed by atoms with Crippen LogP contribution in [0.25, 0.3) is 0 Å². The molecule has 0 radical (unpaired) electrons. The van der Waals surface area contributed by atoms with Crippen LogP contribution in [0.4, 0.5) is 33.2 Å². The number of hydrogen-bond donors (Lipinski definition) is 5. The summed E-state index contributed by atoms with van der Waals surface area (Å²) < 4.78 is 14.3. The maximum atomic E-state index is 14.3. The van der Waals surface area contributed by atoms with Gasteiger partial charge in [0.1, 0.15) is 10.8 Å². The molecule has 3 rings (SSSR count). The van der Waals surface area contributed by atoms with Gasteiger partial charge in [-0.05, 0) is 42.8 Å². The van der Waals surface area contributed by atoms with E-state index in [1.54, 1.807) is 31.2 Å². The van der Waals surface area contributed by atoms with Crippen molar-refractivity contribution in [2.75, 3.05) is 29.1 Å². The lowest BCUT2D eigenvalue weighted by atomic mass is 10.1. The fourth-order valence-corrected chi connectivity index (χ4v) is 3.03. The van der Waals surface area contributed by atoms with Gasteiger partial charge in [-0.3, -0.25) is 9.59 Å². The Bertz CT molecular complexity index is 1240. The van der Waals surface area contributed by atoms with Gasteiger partial charge in [0.2, 0.25) is 11.9 Å². The molecular weight excluding hydrogens is 463 g/mol. The number of benzene rings is 2. The lowest BCUT2D eigenvalue weighted by Gasteiger charge is -2.15. The van der Waals surface area contributed by atoms with Crippen molar-refractivity contribution in [3.63, 3.8) is 0 Å². The molecule has 0 saturated heterocycles. The van der Waals surface area contributed by atoms with E-state index in [-0.39, 0.29) is 41.4 Å². The van der Waals surface area contributed by atoms with Gasteiger partial charge in [0.25, 0.3) is 5.91 Å². The second-order valence-corrected chi connectivity index (χ2v) is 7.41.